The lowest BCUT2D eigenvalue weighted by molar-refractivity contribution is 0.394. The van der Waals surface area contributed by atoms with Crippen LogP contribution < -0.4 is 0 Å². The predicted molar refractivity (Wildman–Crippen MR) is 76.5 cm³/mol. The van der Waals surface area contributed by atoms with Gasteiger partial charge in [0.2, 0.25) is 0 Å². The molecule has 0 aromatic carbocycles. The van der Waals surface area contributed by atoms with E-state index in [4.69, 9.17) is 0 Å². The number of hydrogen-bond acceptors (Lipinski definition) is 3. The van der Waals surface area contributed by atoms with Gasteiger partial charge in [0.05, 0.1) is 6.20 Å². The zero-order valence-electron chi connectivity index (χ0n) is 12.1. The standard InChI is InChI=1S/C13H25N3O2S/c1-4-7-9-16(10-8-5-2)19(17,18)13-11-14-12(6-3)15-13/h11H,4-10H2,1-3H3,(H,14,15). The van der Waals surface area contributed by atoms with Crippen LogP contribution in [0.4, 0.5) is 0 Å². The molecule has 1 rings (SSSR count). The fraction of sp³-hybridized carbons (Fsp3) is 0.769. The van der Waals surface area contributed by atoms with E-state index in [1.54, 1.807) is 4.31 Å². The SMILES string of the molecule is CCCCN(CCCC)S(=O)(=O)c1cnc(CC)[nH]1. The number of aryl methyl sites for hydroxylation is 1. The molecule has 0 saturated carbocycles. The summed E-state index contributed by atoms with van der Waals surface area (Å²) in [7, 11) is -3.42. The van der Waals surface area contributed by atoms with Gasteiger partial charge in [0.25, 0.3) is 10.0 Å². The van der Waals surface area contributed by atoms with Crippen molar-refractivity contribution in [2.24, 2.45) is 0 Å². The van der Waals surface area contributed by atoms with Crippen molar-refractivity contribution in [3.63, 3.8) is 0 Å². The van der Waals surface area contributed by atoms with Crippen LogP contribution in [0.15, 0.2) is 11.2 Å². The van der Waals surface area contributed by atoms with Crippen molar-refractivity contribution in [2.45, 2.75) is 57.9 Å². The van der Waals surface area contributed by atoms with Gasteiger partial charge in [-0.2, -0.15) is 4.31 Å². The van der Waals surface area contributed by atoms with Gasteiger partial charge < -0.3 is 4.98 Å². The van der Waals surface area contributed by atoms with Crippen LogP contribution in [0.1, 0.15) is 52.3 Å². The fourth-order valence-electron chi connectivity index (χ4n) is 1.81. The van der Waals surface area contributed by atoms with Crippen LogP contribution in [0.25, 0.3) is 0 Å². The van der Waals surface area contributed by atoms with Gasteiger partial charge in [0, 0.05) is 19.5 Å². The summed E-state index contributed by atoms with van der Waals surface area (Å²) in [5.74, 6) is 0.713. The zero-order chi connectivity index (χ0) is 14.3. The molecule has 0 aliphatic rings. The highest BCUT2D eigenvalue weighted by Crippen LogP contribution is 2.15. The summed E-state index contributed by atoms with van der Waals surface area (Å²) in [5.41, 5.74) is 0. The lowest BCUT2D eigenvalue weighted by Gasteiger charge is -2.20. The van der Waals surface area contributed by atoms with Crippen molar-refractivity contribution < 1.29 is 8.42 Å². The minimum Gasteiger partial charge on any atom is -0.332 e. The first-order valence-electron chi connectivity index (χ1n) is 7.10. The topological polar surface area (TPSA) is 66.1 Å². The van der Waals surface area contributed by atoms with Gasteiger partial charge in [-0.05, 0) is 12.8 Å². The first-order valence-corrected chi connectivity index (χ1v) is 8.54. The average Bonchev–Trinajstić information content (AvgIpc) is 2.88. The van der Waals surface area contributed by atoms with Gasteiger partial charge in [-0.15, -0.1) is 0 Å². The van der Waals surface area contributed by atoms with Gasteiger partial charge in [0.15, 0.2) is 5.03 Å². The minimum absolute atomic E-state index is 0.219. The Balaban J connectivity index is 2.90. The molecule has 0 bridgehead atoms. The Morgan fingerprint density at radius 3 is 2.16 bits per heavy atom. The Morgan fingerprint density at radius 1 is 1.16 bits per heavy atom. The molecule has 0 unspecified atom stereocenters. The van der Waals surface area contributed by atoms with Gasteiger partial charge in [-0.25, -0.2) is 13.4 Å². The second-order valence-electron chi connectivity index (χ2n) is 4.66. The summed E-state index contributed by atoms with van der Waals surface area (Å²) < 4.78 is 26.6. The third kappa shape index (κ3) is 4.31. The highest BCUT2D eigenvalue weighted by Gasteiger charge is 2.25. The largest absolute Gasteiger partial charge is 0.332 e. The van der Waals surface area contributed by atoms with E-state index in [1.807, 2.05) is 6.92 Å². The molecule has 5 nitrogen and oxygen atoms in total. The molecular weight excluding hydrogens is 262 g/mol. The van der Waals surface area contributed by atoms with Gasteiger partial charge >= 0.3 is 0 Å². The number of nitrogens with one attached hydrogen (secondary N) is 1. The van der Waals surface area contributed by atoms with Crippen molar-refractivity contribution in [1.82, 2.24) is 14.3 Å². The molecule has 1 heterocycles. The number of imidazole rings is 1. The minimum atomic E-state index is -3.42. The highest BCUT2D eigenvalue weighted by molar-refractivity contribution is 7.89. The number of nitrogens with zero attached hydrogens (tertiary/aromatic N) is 2. The molecule has 6 heteroatoms. The van der Waals surface area contributed by atoms with Gasteiger partial charge in [0.1, 0.15) is 5.82 Å². The Kier molecular flexibility index (Phi) is 6.51. The smallest absolute Gasteiger partial charge is 0.260 e. The average molecular weight is 287 g/mol. The molecule has 0 amide bonds. The number of sulfonamides is 1. The van der Waals surface area contributed by atoms with Gasteiger partial charge in [-0.1, -0.05) is 33.6 Å². The molecule has 0 fully saturated rings. The maximum atomic E-state index is 12.5. The number of aromatic amines is 1. The lowest BCUT2D eigenvalue weighted by Crippen LogP contribution is -2.33. The number of H-pyrrole nitrogens is 1. The normalized spacial score (nSPS) is 12.2. The Labute approximate surface area is 116 Å². The molecule has 0 radical (unpaired) electrons. The number of unbranched alkanes of at least 4 members (excludes halogenated alkanes) is 2. The summed E-state index contributed by atoms with van der Waals surface area (Å²) in [5, 5.41) is 0.219. The van der Waals surface area contributed by atoms with E-state index in [0.717, 1.165) is 25.7 Å². The van der Waals surface area contributed by atoms with Crippen molar-refractivity contribution >= 4 is 10.0 Å². The van der Waals surface area contributed by atoms with E-state index in [-0.39, 0.29) is 5.03 Å². The third-order valence-corrected chi connectivity index (χ3v) is 4.89. The molecule has 0 aliphatic carbocycles. The van der Waals surface area contributed by atoms with E-state index in [9.17, 15) is 8.42 Å². The first kappa shape index (κ1) is 16.2. The monoisotopic (exact) mass is 287 g/mol. The second-order valence-corrected chi connectivity index (χ2v) is 6.57. The predicted octanol–water partition coefficient (Wildman–Crippen LogP) is 2.56. The molecule has 1 aromatic heterocycles. The Bertz CT molecular complexity index is 460. The van der Waals surface area contributed by atoms with E-state index >= 15 is 0 Å². The van der Waals surface area contributed by atoms with Crippen molar-refractivity contribution in [3.05, 3.63) is 12.0 Å². The second kappa shape index (κ2) is 7.65. The summed E-state index contributed by atoms with van der Waals surface area (Å²) >= 11 is 0. The summed E-state index contributed by atoms with van der Waals surface area (Å²) in [6.45, 7) is 7.24. The lowest BCUT2D eigenvalue weighted by atomic mass is 10.3. The van der Waals surface area contributed by atoms with Crippen LogP contribution in [0.3, 0.4) is 0 Å². The van der Waals surface area contributed by atoms with Crippen LogP contribution >= 0.6 is 0 Å². The van der Waals surface area contributed by atoms with E-state index < -0.39 is 10.0 Å². The van der Waals surface area contributed by atoms with E-state index in [2.05, 4.69) is 23.8 Å². The molecule has 1 N–H and O–H groups in total. The van der Waals surface area contributed by atoms with Crippen LogP contribution in [0.5, 0.6) is 0 Å². The molecule has 0 atom stereocenters. The Hall–Kier alpha value is -0.880. The molecule has 19 heavy (non-hydrogen) atoms. The highest BCUT2D eigenvalue weighted by atomic mass is 32.2. The number of rotatable bonds is 9. The van der Waals surface area contributed by atoms with E-state index in [1.165, 1.54) is 6.20 Å². The number of aromatic nitrogens is 2. The number of hydrogen-bond donors (Lipinski definition) is 1. The molecular formula is C13H25N3O2S. The quantitative estimate of drug-likeness (QED) is 0.759. The molecule has 1 aromatic rings. The van der Waals surface area contributed by atoms with Crippen LogP contribution in [0.2, 0.25) is 0 Å². The van der Waals surface area contributed by atoms with Crippen LogP contribution in [-0.4, -0.2) is 35.8 Å². The Morgan fingerprint density at radius 2 is 1.74 bits per heavy atom. The zero-order valence-corrected chi connectivity index (χ0v) is 13.0. The molecule has 110 valence electrons. The molecule has 0 spiro atoms. The van der Waals surface area contributed by atoms with Crippen molar-refractivity contribution in [2.75, 3.05) is 13.1 Å². The maximum absolute atomic E-state index is 12.5. The summed E-state index contributed by atoms with van der Waals surface area (Å²) in [4.78, 5) is 6.98. The first-order chi connectivity index (χ1) is 9.06. The van der Waals surface area contributed by atoms with Crippen molar-refractivity contribution in [1.29, 1.82) is 0 Å². The van der Waals surface area contributed by atoms with Gasteiger partial charge in [-0.3, -0.25) is 0 Å². The summed E-state index contributed by atoms with van der Waals surface area (Å²) in [6.07, 6.45) is 5.89. The third-order valence-electron chi connectivity index (χ3n) is 3.08. The van der Waals surface area contributed by atoms with E-state index in [0.29, 0.717) is 25.3 Å². The molecule has 0 aliphatic heterocycles. The summed E-state index contributed by atoms with van der Waals surface area (Å²) in [6, 6.07) is 0. The van der Waals surface area contributed by atoms with Crippen LogP contribution in [0, 0.1) is 0 Å². The fourth-order valence-corrected chi connectivity index (χ4v) is 3.26. The molecule has 0 saturated heterocycles. The van der Waals surface area contributed by atoms with Crippen LogP contribution in [-0.2, 0) is 16.4 Å². The van der Waals surface area contributed by atoms with Crippen molar-refractivity contribution in [3.8, 4) is 0 Å². The maximum Gasteiger partial charge on any atom is 0.260 e.